The van der Waals surface area contributed by atoms with Gasteiger partial charge in [-0.1, -0.05) is 104 Å². The third-order valence-electron chi connectivity index (χ3n) is 5.09. The SMILES string of the molecule is CN(C)c1ccc([Si](C)(C)C)cc1C/C(=C/c1ccccc1)c1ccccc1. The van der Waals surface area contributed by atoms with Gasteiger partial charge in [-0.15, -0.1) is 0 Å². The Morgan fingerprint density at radius 3 is 2.00 bits per heavy atom. The maximum Gasteiger partial charge on any atom is 0.0776 e. The normalized spacial score (nSPS) is 12.1. The van der Waals surface area contributed by atoms with Crippen molar-refractivity contribution in [1.82, 2.24) is 0 Å². The molecule has 144 valence electrons. The van der Waals surface area contributed by atoms with Crippen LogP contribution in [0.1, 0.15) is 16.7 Å². The van der Waals surface area contributed by atoms with E-state index in [2.05, 4.69) is 124 Å². The lowest BCUT2D eigenvalue weighted by Crippen LogP contribution is -2.38. The van der Waals surface area contributed by atoms with Crippen molar-refractivity contribution in [2.45, 2.75) is 26.1 Å². The zero-order chi connectivity index (χ0) is 20.1. The van der Waals surface area contributed by atoms with Crippen LogP contribution in [0.15, 0.2) is 78.9 Å². The molecule has 0 amide bonds. The summed E-state index contributed by atoms with van der Waals surface area (Å²) in [4.78, 5) is 2.23. The van der Waals surface area contributed by atoms with Gasteiger partial charge in [-0.05, 0) is 28.3 Å². The van der Waals surface area contributed by atoms with Crippen LogP contribution in [-0.2, 0) is 6.42 Å². The fraction of sp³-hybridized carbons (Fsp3) is 0.231. The van der Waals surface area contributed by atoms with Gasteiger partial charge in [0.05, 0.1) is 8.07 Å². The maximum atomic E-state index is 2.45. The average molecular weight is 386 g/mol. The number of anilines is 1. The first-order valence-electron chi connectivity index (χ1n) is 9.96. The summed E-state index contributed by atoms with van der Waals surface area (Å²) in [5.74, 6) is 0. The predicted molar refractivity (Wildman–Crippen MR) is 128 cm³/mol. The van der Waals surface area contributed by atoms with Crippen molar-refractivity contribution in [2.24, 2.45) is 0 Å². The Morgan fingerprint density at radius 1 is 0.821 bits per heavy atom. The average Bonchev–Trinajstić information content (AvgIpc) is 2.68. The number of rotatable bonds is 6. The van der Waals surface area contributed by atoms with Crippen molar-refractivity contribution < 1.29 is 0 Å². The van der Waals surface area contributed by atoms with Crippen molar-refractivity contribution in [3.8, 4) is 0 Å². The number of hydrogen-bond donors (Lipinski definition) is 0. The van der Waals surface area contributed by atoms with Crippen LogP contribution in [-0.4, -0.2) is 22.2 Å². The minimum atomic E-state index is -1.36. The Kier molecular flexibility index (Phi) is 6.20. The Hall–Kier alpha value is -2.58. The molecule has 3 aromatic rings. The Morgan fingerprint density at radius 2 is 1.43 bits per heavy atom. The third kappa shape index (κ3) is 5.02. The molecule has 0 unspecified atom stereocenters. The first-order chi connectivity index (χ1) is 13.3. The molecule has 3 aromatic carbocycles. The van der Waals surface area contributed by atoms with Gasteiger partial charge in [0, 0.05) is 26.2 Å². The second-order valence-electron chi connectivity index (χ2n) is 8.61. The minimum absolute atomic E-state index is 0.921. The molecule has 2 heteroatoms. The molecule has 0 bridgehead atoms. The molecule has 0 aliphatic heterocycles. The molecule has 0 aliphatic carbocycles. The van der Waals surface area contributed by atoms with Crippen LogP contribution in [0.5, 0.6) is 0 Å². The summed E-state index contributed by atoms with van der Waals surface area (Å²) < 4.78 is 0. The fourth-order valence-corrected chi connectivity index (χ4v) is 4.66. The van der Waals surface area contributed by atoms with Crippen LogP contribution in [0.3, 0.4) is 0 Å². The van der Waals surface area contributed by atoms with Crippen molar-refractivity contribution in [3.05, 3.63) is 95.6 Å². The zero-order valence-corrected chi connectivity index (χ0v) is 18.7. The molecule has 0 aromatic heterocycles. The van der Waals surface area contributed by atoms with E-state index in [1.807, 2.05) is 0 Å². The lowest BCUT2D eigenvalue weighted by molar-refractivity contribution is 1.10. The standard InChI is InChI=1S/C26H31NSi/c1-27(2)26-17-16-25(28(3,4)5)20-24(26)19-23(22-14-10-7-11-15-22)18-21-12-8-6-9-13-21/h6-18,20H,19H2,1-5H3/b23-18-. The topological polar surface area (TPSA) is 3.24 Å². The monoisotopic (exact) mass is 385 g/mol. The molecule has 3 rings (SSSR count). The summed E-state index contributed by atoms with van der Waals surface area (Å²) >= 11 is 0. The molecule has 0 spiro atoms. The fourth-order valence-electron chi connectivity index (χ4n) is 3.47. The van der Waals surface area contributed by atoms with Crippen LogP contribution < -0.4 is 10.1 Å². The molecule has 0 heterocycles. The number of benzene rings is 3. The number of hydrogen-bond acceptors (Lipinski definition) is 1. The minimum Gasteiger partial charge on any atom is -0.377 e. The predicted octanol–water partition coefficient (Wildman–Crippen LogP) is 6.08. The van der Waals surface area contributed by atoms with Crippen molar-refractivity contribution in [2.75, 3.05) is 19.0 Å². The van der Waals surface area contributed by atoms with Crippen LogP contribution in [0.2, 0.25) is 19.6 Å². The molecular formula is C26H31NSi. The highest BCUT2D eigenvalue weighted by molar-refractivity contribution is 6.88. The van der Waals surface area contributed by atoms with Gasteiger partial charge in [0.15, 0.2) is 0 Å². The number of allylic oxidation sites excluding steroid dienone is 1. The molecule has 0 radical (unpaired) electrons. The van der Waals surface area contributed by atoms with Crippen molar-refractivity contribution >= 4 is 30.6 Å². The highest BCUT2D eigenvalue weighted by Crippen LogP contribution is 2.28. The van der Waals surface area contributed by atoms with Gasteiger partial charge >= 0.3 is 0 Å². The van der Waals surface area contributed by atoms with E-state index < -0.39 is 8.07 Å². The molecule has 0 saturated carbocycles. The Balaban J connectivity index is 2.09. The van der Waals surface area contributed by atoms with Gasteiger partial charge in [-0.3, -0.25) is 0 Å². The van der Waals surface area contributed by atoms with E-state index in [0.717, 1.165) is 6.42 Å². The molecule has 0 N–H and O–H groups in total. The summed E-state index contributed by atoms with van der Waals surface area (Å²) in [6.45, 7) is 7.25. The summed E-state index contributed by atoms with van der Waals surface area (Å²) in [5.41, 5.74) is 6.58. The van der Waals surface area contributed by atoms with Crippen LogP contribution >= 0.6 is 0 Å². The smallest absolute Gasteiger partial charge is 0.0776 e. The third-order valence-corrected chi connectivity index (χ3v) is 7.14. The first-order valence-corrected chi connectivity index (χ1v) is 13.5. The van der Waals surface area contributed by atoms with Gasteiger partial charge in [0.25, 0.3) is 0 Å². The lowest BCUT2D eigenvalue weighted by Gasteiger charge is -2.23. The summed E-state index contributed by atoms with van der Waals surface area (Å²) in [6.07, 6.45) is 3.25. The van der Waals surface area contributed by atoms with Crippen molar-refractivity contribution in [3.63, 3.8) is 0 Å². The summed E-state index contributed by atoms with van der Waals surface area (Å²) in [7, 11) is 2.91. The van der Waals surface area contributed by atoms with Gasteiger partial charge < -0.3 is 4.90 Å². The summed E-state index contributed by atoms with van der Waals surface area (Å²) in [6, 6.07) is 28.5. The highest BCUT2D eigenvalue weighted by atomic mass is 28.3. The molecule has 0 aliphatic rings. The first kappa shape index (κ1) is 20.2. The van der Waals surface area contributed by atoms with Gasteiger partial charge in [0.1, 0.15) is 0 Å². The molecule has 0 atom stereocenters. The molecular weight excluding hydrogens is 354 g/mol. The second-order valence-corrected chi connectivity index (χ2v) is 13.7. The van der Waals surface area contributed by atoms with E-state index in [-0.39, 0.29) is 0 Å². The zero-order valence-electron chi connectivity index (χ0n) is 17.7. The van der Waals surface area contributed by atoms with E-state index in [4.69, 9.17) is 0 Å². The molecule has 28 heavy (non-hydrogen) atoms. The second kappa shape index (κ2) is 8.62. The quantitative estimate of drug-likeness (QED) is 0.367. The van der Waals surface area contributed by atoms with Gasteiger partial charge in [-0.25, -0.2) is 0 Å². The van der Waals surface area contributed by atoms with Crippen molar-refractivity contribution in [1.29, 1.82) is 0 Å². The van der Waals surface area contributed by atoms with E-state index in [0.29, 0.717) is 0 Å². The maximum absolute atomic E-state index is 2.45. The van der Waals surface area contributed by atoms with Gasteiger partial charge in [-0.2, -0.15) is 0 Å². The molecule has 0 saturated heterocycles. The van der Waals surface area contributed by atoms with Crippen LogP contribution in [0, 0.1) is 0 Å². The van der Waals surface area contributed by atoms with Gasteiger partial charge in [0.2, 0.25) is 0 Å². The highest BCUT2D eigenvalue weighted by Gasteiger charge is 2.19. The van der Waals surface area contributed by atoms with E-state index in [1.165, 1.54) is 33.1 Å². The lowest BCUT2D eigenvalue weighted by atomic mass is 9.95. The Labute approximate surface area is 171 Å². The molecule has 1 nitrogen and oxygen atoms in total. The van der Waals surface area contributed by atoms with E-state index in [9.17, 15) is 0 Å². The van der Waals surface area contributed by atoms with Crippen LogP contribution in [0.25, 0.3) is 11.6 Å². The van der Waals surface area contributed by atoms with Crippen LogP contribution in [0.4, 0.5) is 5.69 Å². The molecule has 0 fully saturated rings. The summed E-state index contributed by atoms with van der Waals surface area (Å²) in [5, 5.41) is 1.51. The van der Waals surface area contributed by atoms with E-state index in [1.54, 1.807) is 0 Å². The number of nitrogens with zero attached hydrogens (tertiary/aromatic N) is 1. The van der Waals surface area contributed by atoms with E-state index >= 15 is 0 Å². The largest absolute Gasteiger partial charge is 0.377 e. The Bertz CT molecular complexity index is 935.